The zero-order valence-corrected chi connectivity index (χ0v) is 24.4. The van der Waals surface area contributed by atoms with Gasteiger partial charge in [-0.3, -0.25) is 19.5 Å². The summed E-state index contributed by atoms with van der Waals surface area (Å²) < 4.78 is 19.3. The third kappa shape index (κ3) is 5.30. The van der Waals surface area contributed by atoms with E-state index in [-0.39, 0.29) is 23.4 Å². The highest BCUT2D eigenvalue weighted by Gasteiger charge is 2.35. The second-order valence-electron chi connectivity index (χ2n) is 9.60. The molecule has 0 saturated carbocycles. The van der Waals surface area contributed by atoms with Gasteiger partial charge in [-0.25, -0.2) is 9.79 Å². The Bertz CT molecular complexity index is 1900. The maximum absolute atomic E-state index is 14.0. The molecule has 0 amide bonds. The van der Waals surface area contributed by atoms with E-state index in [4.69, 9.17) is 13.9 Å². The highest BCUT2D eigenvalue weighted by molar-refractivity contribution is 7.07. The Morgan fingerprint density at radius 3 is 2.67 bits per heavy atom. The van der Waals surface area contributed by atoms with Crippen molar-refractivity contribution >= 4 is 29.1 Å². The lowest BCUT2D eigenvalue weighted by Crippen LogP contribution is -2.40. The molecule has 0 fully saturated rings. The number of carbonyl (C=O) groups is 1. The first-order valence-corrected chi connectivity index (χ1v) is 14.3. The summed E-state index contributed by atoms with van der Waals surface area (Å²) in [7, 11) is 0. The number of para-hydroxylation sites is 1. The van der Waals surface area contributed by atoms with Crippen LogP contribution in [0.2, 0.25) is 0 Å². The van der Waals surface area contributed by atoms with Gasteiger partial charge in [0.1, 0.15) is 23.3 Å². The predicted octanol–water partition coefficient (Wildman–Crippen LogP) is 5.06. The number of nitrogens with zero attached hydrogens (tertiary/aromatic N) is 3. The van der Waals surface area contributed by atoms with Crippen LogP contribution >= 0.6 is 11.3 Å². The Balaban J connectivity index is 1.64. The standard InChI is InChI=1S/C31H29N3O7S/c1-5-16-40-24-13-8-7-10-22(24)28-27(30(36)39-6-2)19(4)32-31-33(28)29(35)26(42-31)17-20-14-15-25(41-20)21-11-9-12-23(18(21)3)34(37)38/h7-15,17,28H,5-6,16H2,1-4H3/b26-17+/t28-/m0/s1. The zero-order valence-electron chi connectivity index (χ0n) is 23.6. The van der Waals surface area contributed by atoms with Crippen LogP contribution in [-0.2, 0) is 9.53 Å². The molecule has 1 aliphatic rings. The summed E-state index contributed by atoms with van der Waals surface area (Å²) >= 11 is 1.18. The number of nitro groups is 1. The number of nitro benzene ring substituents is 1. The van der Waals surface area contributed by atoms with E-state index in [2.05, 4.69) is 4.99 Å². The summed E-state index contributed by atoms with van der Waals surface area (Å²) in [6.07, 6.45) is 2.40. The van der Waals surface area contributed by atoms with Crippen molar-refractivity contribution in [3.63, 3.8) is 0 Å². The van der Waals surface area contributed by atoms with Crippen molar-refractivity contribution in [1.29, 1.82) is 0 Å². The molecular weight excluding hydrogens is 558 g/mol. The number of fused-ring (bicyclic) bond motifs is 1. The molecule has 11 heteroatoms. The Labute approximate surface area is 245 Å². The van der Waals surface area contributed by atoms with Crippen LogP contribution in [0, 0.1) is 17.0 Å². The van der Waals surface area contributed by atoms with E-state index in [0.717, 1.165) is 6.42 Å². The molecule has 3 heterocycles. The molecule has 10 nitrogen and oxygen atoms in total. The zero-order chi connectivity index (χ0) is 30.0. The molecule has 4 aromatic rings. The van der Waals surface area contributed by atoms with Gasteiger partial charge in [0.25, 0.3) is 11.2 Å². The van der Waals surface area contributed by atoms with Crippen LogP contribution in [0.3, 0.4) is 0 Å². The fourth-order valence-electron chi connectivity index (χ4n) is 4.93. The summed E-state index contributed by atoms with van der Waals surface area (Å²) in [6.45, 7) is 7.76. The number of furan rings is 1. The van der Waals surface area contributed by atoms with Gasteiger partial charge >= 0.3 is 5.97 Å². The lowest BCUT2D eigenvalue weighted by molar-refractivity contribution is -0.385. The summed E-state index contributed by atoms with van der Waals surface area (Å²) in [5.74, 6) is 0.853. The number of carbonyl (C=O) groups excluding carboxylic acids is 1. The van der Waals surface area contributed by atoms with Gasteiger partial charge < -0.3 is 13.9 Å². The van der Waals surface area contributed by atoms with Crippen LogP contribution in [-0.4, -0.2) is 28.7 Å². The van der Waals surface area contributed by atoms with Crippen molar-refractivity contribution in [2.24, 2.45) is 4.99 Å². The maximum Gasteiger partial charge on any atom is 0.338 e. The molecule has 0 radical (unpaired) electrons. The smallest absolute Gasteiger partial charge is 0.338 e. The molecule has 5 rings (SSSR count). The van der Waals surface area contributed by atoms with E-state index in [1.54, 1.807) is 51.1 Å². The third-order valence-electron chi connectivity index (χ3n) is 6.86. The minimum Gasteiger partial charge on any atom is -0.493 e. The van der Waals surface area contributed by atoms with Gasteiger partial charge in [-0.05, 0) is 45.4 Å². The van der Waals surface area contributed by atoms with Crippen LogP contribution in [0.25, 0.3) is 17.4 Å². The first-order valence-electron chi connectivity index (χ1n) is 13.5. The average Bonchev–Trinajstić information content (AvgIpc) is 3.55. The number of hydrogen-bond donors (Lipinski definition) is 0. The van der Waals surface area contributed by atoms with Gasteiger partial charge in [0.15, 0.2) is 4.80 Å². The number of benzene rings is 2. The number of ether oxygens (including phenoxy) is 2. The molecule has 0 N–H and O–H groups in total. The fraction of sp³-hybridized carbons (Fsp3) is 0.258. The predicted molar refractivity (Wildman–Crippen MR) is 158 cm³/mol. The highest BCUT2D eigenvalue weighted by atomic mass is 32.1. The van der Waals surface area contributed by atoms with Crippen LogP contribution in [0.15, 0.2) is 80.1 Å². The normalized spacial score (nSPS) is 14.9. The molecule has 1 atom stereocenters. The number of aromatic nitrogens is 1. The first kappa shape index (κ1) is 28.7. The van der Waals surface area contributed by atoms with Crippen LogP contribution < -0.4 is 19.6 Å². The Morgan fingerprint density at radius 1 is 1.14 bits per heavy atom. The lowest BCUT2D eigenvalue weighted by atomic mass is 9.95. The molecule has 0 unspecified atom stereocenters. The topological polar surface area (TPSA) is 126 Å². The number of allylic oxidation sites excluding steroid dienone is 1. The summed E-state index contributed by atoms with van der Waals surface area (Å²) in [4.78, 5) is 43.2. The van der Waals surface area contributed by atoms with E-state index in [1.807, 2.05) is 31.2 Å². The van der Waals surface area contributed by atoms with Crippen molar-refractivity contribution in [1.82, 2.24) is 4.57 Å². The van der Waals surface area contributed by atoms with Crippen molar-refractivity contribution in [3.05, 3.63) is 113 Å². The van der Waals surface area contributed by atoms with Gasteiger partial charge in [0, 0.05) is 28.8 Å². The molecule has 2 aromatic carbocycles. The SMILES string of the molecule is CCCOc1ccccc1[C@H]1C(C(=O)OCC)=C(C)N=c2s/c(=C/c3ccc(-c4cccc([N+](=O)[O-])c4C)o3)c(=O)n21. The first-order chi connectivity index (χ1) is 20.2. The molecule has 0 spiro atoms. The molecule has 216 valence electrons. The minimum absolute atomic E-state index is 0.00488. The van der Waals surface area contributed by atoms with Gasteiger partial charge in [-0.1, -0.05) is 48.6 Å². The van der Waals surface area contributed by atoms with Crippen LogP contribution in [0.5, 0.6) is 5.75 Å². The summed E-state index contributed by atoms with van der Waals surface area (Å²) in [5, 5.41) is 11.4. The minimum atomic E-state index is -0.810. The Hall–Kier alpha value is -4.77. The van der Waals surface area contributed by atoms with E-state index >= 15 is 0 Å². The van der Waals surface area contributed by atoms with Gasteiger partial charge in [0.05, 0.1) is 33.9 Å². The van der Waals surface area contributed by atoms with E-state index in [9.17, 15) is 19.7 Å². The van der Waals surface area contributed by atoms with Gasteiger partial charge in [0.2, 0.25) is 0 Å². The average molecular weight is 588 g/mol. The second kappa shape index (κ2) is 12.0. The van der Waals surface area contributed by atoms with Crippen LogP contribution in [0.4, 0.5) is 5.69 Å². The number of esters is 1. The molecule has 2 aromatic heterocycles. The second-order valence-corrected chi connectivity index (χ2v) is 10.6. The van der Waals surface area contributed by atoms with Crippen molar-refractivity contribution in [3.8, 4) is 17.1 Å². The monoisotopic (exact) mass is 587 g/mol. The van der Waals surface area contributed by atoms with E-state index in [1.165, 1.54) is 22.0 Å². The summed E-state index contributed by atoms with van der Waals surface area (Å²) in [5.41, 5.74) is 2.08. The fourth-order valence-corrected chi connectivity index (χ4v) is 5.95. The van der Waals surface area contributed by atoms with Gasteiger partial charge in [-0.2, -0.15) is 0 Å². The van der Waals surface area contributed by atoms with Crippen molar-refractivity contribution in [2.45, 2.75) is 40.2 Å². The molecule has 0 aliphatic carbocycles. The van der Waals surface area contributed by atoms with E-state index in [0.29, 0.717) is 55.6 Å². The van der Waals surface area contributed by atoms with Crippen LogP contribution in [0.1, 0.15) is 50.1 Å². The molecule has 1 aliphatic heterocycles. The Morgan fingerprint density at radius 2 is 1.93 bits per heavy atom. The highest BCUT2D eigenvalue weighted by Crippen LogP contribution is 2.36. The quantitative estimate of drug-likeness (QED) is 0.152. The third-order valence-corrected chi connectivity index (χ3v) is 7.84. The molecular formula is C31H29N3O7S. The summed E-state index contributed by atoms with van der Waals surface area (Å²) in [6, 6.07) is 14.7. The van der Waals surface area contributed by atoms with Crippen molar-refractivity contribution < 1.29 is 23.6 Å². The molecule has 0 saturated heterocycles. The van der Waals surface area contributed by atoms with Gasteiger partial charge in [-0.15, -0.1) is 0 Å². The van der Waals surface area contributed by atoms with E-state index < -0.39 is 16.9 Å². The number of thiazole rings is 1. The number of rotatable bonds is 9. The lowest BCUT2D eigenvalue weighted by Gasteiger charge is -2.26. The van der Waals surface area contributed by atoms with Crippen molar-refractivity contribution in [2.75, 3.05) is 13.2 Å². The Kier molecular flexibility index (Phi) is 8.21. The molecule has 0 bridgehead atoms. The molecule has 42 heavy (non-hydrogen) atoms. The maximum atomic E-state index is 14.0. The largest absolute Gasteiger partial charge is 0.493 e. The number of hydrogen-bond acceptors (Lipinski definition) is 9.